The molecule has 0 spiro atoms. The van der Waals surface area contributed by atoms with Crippen LogP contribution >= 0.6 is 11.6 Å². The van der Waals surface area contributed by atoms with Gasteiger partial charge in [-0.3, -0.25) is 0 Å². The van der Waals surface area contributed by atoms with E-state index in [1.54, 1.807) is 7.11 Å². The van der Waals surface area contributed by atoms with Gasteiger partial charge in [-0.2, -0.15) is 0 Å². The van der Waals surface area contributed by atoms with E-state index in [0.29, 0.717) is 18.1 Å². The number of hydrogen-bond acceptors (Lipinski definition) is 2. The van der Waals surface area contributed by atoms with Gasteiger partial charge in [-0.15, -0.1) is 0 Å². The molecule has 3 aromatic rings. The molecular weight excluding hydrogens is 396 g/mol. The van der Waals surface area contributed by atoms with E-state index in [0.717, 1.165) is 34.5 Å². The molecule has 0 bridgehead atoms. The van der Waals surface area contributed by atoms with E-state index in [4.69, 9.17) is 16.3 Å². The van der Waals surface area contributed by atoms with Crippen LogP contribution in [-0.4, -0.2) is 24.6 Å². The number of nitrogens with one attached hydrogen (secondary N) is 1. The van der Waals surface area contributed by atoms with Gasteiger partial charge >= 0.3 is 6.03 Å². The fourth-order valence-corrected chi connectivity index (χ4v) is 3.56. The number of halogens is 1. The van der Waals surface area contributed by atoms with Crippen molar-refractivity contribution in [2.45, 2.75) is 26.8 Å². The molecule has 4 nitrogen and oxygen atoms in total. The summed E-state index contributed by atoms with van der Waals surface area (Å²) in [5.41, 5.74) is 5.13. The number of urea groups is 1. The maximum absolute atomic E-state index is 13.1. The van der Waals surface area contributed by atoms with Gasteiger partial charge in [0.2, 0.25) is 0 Å². The lowest BCUT2D eigenvalue weighted by Gasteiger charge is -2.24. The monoisotopic (exact) mass is 422 g/mol. The summed E-state index contributed by atoms with van der Waals surface area (Å²) in [5.74, 6) is 0.814. The summed E-state index contributed by atoms with van der Waals surface area (Å²) in [6.45, 7) is 5.08. The quantitative estimate of drug-likeness (QED) is 0.489. The van der Waals surface area contributed by atoms with Gasteiger partial charge in [-0.1, -0.05) is 53.6 Å². The molecule has 156 valence electrons. The molecule has 0 saturated heterocycles. The number of ether oxygens (including phenoxy) is 1. The van der Waals surface area contributed by atoms with Crippen LogP contribution in [0.1, 0.15) is 22.3 Å². The Morgan fingerprint density at radius 1 is 1.00 bits per heavy atom. The van der Waals surface area contributed by atoms with Crippen LogP contribution in [0.3, 0.4) is 0 Å². The van der Waals surface area contributed by atoms with Crippen LogP contribution < -0.4 is 10.1 Å². The third kappa shape index (κ3) is 6.01. The van der Waals surface area contributed by atoms with Crippen molar-refractivity contribution in [2.24, 2.45) is 0 Å². The van der Waals surface area contributed by atoms with Gasteiger partial charge in [0.1, 0.15) is 5.75 Å². The van der Waals surface area contributed by atoms with Gasteiger partial charge in [-0.25, -0.2) is 4.79 Å². The number of amides is 2. The molecule has 0 heterocycles. The van der Waals surface area contributed by atoms with Crippen LogP contribution in [-0.2, 0) is 13.0 Å². The minimum atomic E-state index is -0.134. The van der Waals surface area contributed by atoms with Crippen molar-refractivity contribution >= 4 is 23.3 Å². The van der Waals surface area contributed by atoms with Gasteiger partial charge in [0.15, 0.2) is 0 Å². The largest absolute Gasteiger partial charge is 0.497 e. The minimum Gasteiger partial charge on any atom is -0.497 e. The molecular formula is C25H27ClN2O2. The third-order valence-corrected chi connectivity index (χ3v) is 5.21. The van der Waals surface area contributed by atoms with E-state index >= 15 is 0 Å². The molecule has 0 fully saturated rings. The molecule has 0 aliphatic carbocycles. The highest BCUT2D eigenvalue weighted by Gasteiger charge is 2.16. The molecule has 5 heteroatoms. The van der Waals surface area contributed by atoms with Crippen molar-refractivity contribution < 1.29 is 9.53 Å². The first kappa shape index (κ1) is 21.7. The molecule has 2 amide bonds. The Hall–Kier alpha value is -2.98. The summed E-state index contributed by atoms with van der Waals surface area (Å²) in [6, 6.07) is 21.4. The maximum Gasteiger partial charge on any atom is 0.322 e. The highest BCUT2D eigenvalue weighted by Crippen LogP contribution is 2.19. The zero-order valence-electron chi connectivity index (χ0n) is 17.6. The van der Waals surface area contributed by atoms with Crippen molar-refractivity contribution in [2.75, 3.05) is 19.0 Å². The Morgan fingerprint density at radius 2 is 1.77 bits per heavy atom. The van der Waals surface area contributed by atoms with E-state index < -0.39 is 0 Å². The summed E-state index contributed by atoms with van der Waals surface area (Å²) in [5, 5.41) is 3.72. The maximum atomic E-state index is 13.1. The average molecular weight is 423 g/mol. The van der Waals surface area contributed by atoms with E-state index in [1.165, 1.54) is 5.56 Å². The first-order valence-corrected chi connectivity index (χ1v) is 10.3. The zero-order valence-corrected chi connectivity index (χ0v) is 18.4. The normalized spacial score (nSPS) is 10.5. The second-order valence-corrected chi connectivity index (χ2v) is 7.84. The Morgan fingerprint density at radius 3 is 2.50 bits per heavy atom. The average Bonchev–Trinajstić information content (AvgIpc) is 2.73. The number of benzene rings is 3. The first-order valence-electron chi connectivity index (χ1n) is 9.95. The number of methoxy groups -OCH3 is 1. The number of rotatable bonds is 7. The summed E-state index contributed by atoms with van der Waals surface area (Å²) in [6.07, 6.45) is 0.720. The first-order chi connectivity index (χ1) is 14.4. The molecule has 0 unspecified atom stereocenters. The number of anilines is 1. The zero-order chi connectivity index (χ0) is 21.5. The highest BCUT2D eigenvalue weighted by molar-refractivity contribution is 6.30. The smallest absolute Gasteiger partial charge is 0.322 e. The summed E-state index contributed by atoms with van der Waals surface area (Å²) < 4.78 is 5.31. The molecule has 3 rings (SSSR count). The van der Waals surface area contributed by atoms with E-state index in [-0.39, 0.29) is 6.03 Å². The van der Waals surface area contributed by atoms with Gasteiger partial charge in [0.05, 0.1) is 7.11 Å². The highest BCUT2D eigenvalue weighted by atomic mass is 35.5. The molecule has 0 aromatic heterocycles. The van der Waals surface area contributed by atoms with Crippen LogP contribution in [0.4, 0.5) is 10.5 Å². The lowest BCUT2D eigenvalue weighted by molar-refractivity contribution is 0.210. The Bertz CT molecular complexity index is 1020. The van der Waals surface area contributed by atoms with Gasteiger partial charge < -0.3 is 15.0 Å². The fraction of sp³-hybridized carbons (Fsp3) is 0.240. The van der Waals surface area contributed by atoms with Crippen molar-refractivity contribution in [3.63, 3.8) is 0 Å². The van der Waals surface area contributed by atoms with Crippen molar-refractivity contribution in [1.82, 2.24) is 4.90 Å². The molecule has 1 N–H and O–H groups in total. The lowest BCUT2D eigenvalue weighted by Crippen LogP contribution is -2.36. The van der Waals surface area contributed by atoms with Gasteiger partial charge in [0.25, 0.3) is 0 Å². The molecule has 0 atom stereocenters. The van der Waals surface area contributed by atoms with Crippen LogP contribution in [0.25, 0.3) is 0 Å². The molecule has 0 saturated carbocycles. The number of hydrogen-bond donors (Lipinski definition) is 1. The lowest BCUT2D eigenvalue weighted by atomic mass is 10.1. The van der Waals surface area contributed by atoms with Crippen molar-refractivity contribution in [1.29, 1.82) is 0 Å². The van der Waals surface area contributed by atoms with Gasteiger partial charge in [0, 0.05) is 23.8 Å². The molecule has 3 aromatic carbocycles. The summed E-state index contributed by atoms with van der Waals surface area (Å²) in [4.78, 5) is 15.0. The SMILES string of the molecule is COc1cccc(CCN(Cc2cccc(Cl)c2)C(=O)Nc2ccc(C)cc2C)c1. The molecule has 0 aliphatic heterocycles. The molecule has 0 aliphatic rings. The standard InChI is InChI=1S/C25H27ClN2O2/c1-18-10-11-24(19(2)14-18)27-25(29)28(17-21-7-4-8-22(26)15-21)13-12-20-6-5-9-23(16-20)30-3/h4-11,14-16H,12-13,17H2,1-3H3,(H,27,29). The molecule has 30 heavy (non-hydrogen) atoms. The third-order valence-electron chi connectivity index (χ3n) is 4.98. The number of aryl methyl sites for hydroxylation is 2. The van der Waals surface area contributed by atoms with Crippen LogP contribution in [0.5, 0.6) is 5.75 Å². The Balaban J connectivity index is 1.77. The van der Waals surface area contributed by atoms with Crippen LogP contribution in [0, 0.1) is 13.8 Å². The predicted octanol–water partition coefficient (Wildman–Crippen LogP) is 6.24. The van der Waals surface area contributed by atoms with E-state index in [2.05, 4.69) is 11.4 Å². The summed E-state index contributed by atoms with van der Waals surface area (Å²) in [7, 11) is 1.65. The van der Waals surface area contributed by atoms with Crippen molar-refractivity contribution in [3.05, 3.63) is 94.0 Å². The van der Waals surface area contributed by atoms with Crippen molar-refractivity contribution in [3.8, 4) is 5.75 Å². The van der Waals surface area contributed by atoms with Crippen LogP contribution in [0.2, 0.25) is 5.02 Å². The Kier molecular flexibility index (Phi) is 7.36. The van der Waals surface area contributed by atoms with E-state index in [9.17, 15) is 4.79 Å². The molecule has 0 radical (unpaired) electrons. The number of carbonyl (C=O) groups excluding carboxylic acids is 1. The van der Waals surface area contributed by atoms with Crippen LogP contribution in [0.15, 0.2) is 66.7 Å². The second-order valence-electron chi connectivity index (χ2n) is 7.40. The summed E-state index contributed by atoms with van der Waals surface area (Å²) >= 11 is 6.15. The van der Waals surface area contributed by atoms with Gasteiger partial charge in [-0.05, 0) is 67.3 Å². The number of nitrogens with zero attached hydrogens (tertiary/aromatic N) is 1. The second kappa shape index (κ2) is 10.2. The minimum absolute atomic E-state index is 0.134. The topological polar surface area (TPSA) is 41.6 Å². The Labute approximate surface area is 183 Å². The van der Waals surface area contributed by atoms with E-state index in [1.807, 2.05) is 79.4 Å². The predicted molar refractivity (Wildman–Crippen MR) is 123 cm³/mol. The fourth-order valence-electron chi connectivity index (χ4n) is 3.35. The number of carbonyl (C=O) groups is 1.